The van der Waals surface area contributed by atoms with Crippen LogP contribution < -0.4 is 9.80 Å². The minimum absolute atomic E-state index is 1.12. The molecular formula is C44H30N2S. The van der Waals surface area contributed by atoms with Crippen molar-refractivity contribution in [3.63, 3.8) is 0 Å². The van der Waals surface area contributed by atoms with Gasteiger partial charge in [0.05, 0.1) is 11.4 Å². The third kappa shape index (κ3) is 5.02. The Labute approximate surface area is 279 Å². The van der Waals surface area contributed by atoms with Crippen LogP contribution in [0.25, 0.3) is 32.7 Å². The second kappa shape index (κ2) is 11.5. The summed E-state index contributed by atoms with van der Waals surface area (Å²) in [5.74, 6) is 0. The Morgan fingerprint density at radius 3 is 1.47 bits per heavy atom. The largest absolute Gasteiger partial charge is 0.310 e. The molecular weight excluding hydrogens is 589 g/mol. The van der Waals surface area contributed by atoms with Crippen LogP contribution in [0.15, 0.2) is 192 Å². The summed E-state index contributed by atoms with van der Waals surface area (Å²) in [7, 11) is 0. The molecule has 0 unspecified atom stereocenters. The smallest absolute Gasteiger partial charge is 0.0601 e. The first-order valence-electron chi connectivity index (χ1n) is 15.9. The number of para-hydroxylation sites is 2. The van der Waals surface area contributed by atoms with E-state index in [-0.39, 0.29) is 0 Å². The lowest BCUT2D eigenvalue weighted by molar-refractivity contribution is 1.17. The van der Waals surface area contributed by atoms with E-state index >= 15 is 0 Å². The van der Waals surface area contributed by atoms with Crippen LogP contribution in [0, 0.1) is 0 Å². The molecule has 47 heavy (non-hydrogen) atoms. The summed E-state index contributed by atoms with van der Waals surface area (Å²) >= 11 is 1.84. The van der Waals surface area contributed by atoms with E-state index in [1.54, 1.807) is 0 Å². The van der Waals surface area contributed by atoms with E-state index in [1.807, 2.05) is 11.8 Å². The number of rotatable bonds is 5. The molecule has 0 atom stereocenters. The maximum Gasteiger partial charge on any atom is 0.0601 e. The standard InChI is InChI=1S/C44H30N2S/c1-3-12-34-29-39(26-22-31(34)10-1)45(40-27-23-32-11-2-4-13-35(32)30-40)37-24-20-33(21-25-37)36-14-9-15-38(28-36)46-41-16-5-7-18-43(41)47-44-19-8-6-17-42(44)46/h1-30H. The van der Waals surface area contributed by atoms with Crippen molar-refractivity contribution in [2.24, 2.45) is 0 Å². The van der Waals surface area contributed by atoms with Gasteiger partial charge in [0.25, 0.3) is 0 Å². The highest BCUT2D eigenvalue weighted by Gasteiger charge is 2.24. The quantitative estimate of drug-likeness (QED) is 0.189. The molecule has 3 heteroatoms. The van der Waals surface area contributed by atoms with Crippen LogP contribution in [0.4, 0.5) is 34.1 Å². The molecule has 0 bridgehead atoms. The summed E-state index contributed by atoms with van der Waals surface area (Å²) < 4.78 is 0. The Morgan fingerprint density at radius 2 is 0.872 bits per heavy atom. The van der Waals surface area contributed by atoms with Crippen LogP contribution in [-0.4, -0.2) is 0 Å². The molecule has 8 aromatic carbocycles. The Morgan fingerprint density at radius 1 is 0.362 bits per heavy atom. The lowest BCUT2D eigenvalue weighted by atomic mass is 10.0. The second-order valence-corrected chi connectivity index (χ2v) is 13.0. The highest BCUT2D eigenvalue weighted by molar-refractivity contribution is 7.99. The zero-order chi connectivity index (χ0) is 31.2. The van der Waals surface area contributed by atoms with Gasteiger partial charge in [-0.05, 0) is 105 Å². The van der Waals surface area contributed by atoms with Gasteiger partial charge in [-0.1, -0.05) is 121 Å². The molecule has 1 aliphatic heterocycles. The normalized spacial score (nSPS) is 12.1. The lowest BCUT2D eigenvalue weighted by Crippen LogP contribution is -2.14. The molecule has 0 saturated heterocycles. The lowest BCUT2D eigenvalue weighted by Gasteiger charge is -2.33. The van der Waals surface area contributed by atoms with Gasteiger partial charge < -0.3 is 9.80 Å². The van der Waals surface area contributed by atoms with Gasteiger partial charge in [0.1, 0.15) is 0 Å². The molecule has 0 fully saturated rings. The average Bonchev–Trinajstić information content (AvgIpc) is 3.14. The maximum absolute atomic E-state index is 2.39. The topological polar surface area (TPSA) is 6.48 Å². The Balaban J connectivity index is 1.12. The molecule has 9 rings (SSSR count). The van der Waals surface area contributed by atoms with Gasteiger partial charge in [0, 0.05) is 32.5 Å². The molecule has 0 aromatic heterocycles. The molecule has 0 amide bonds. The maximum atomic E-state index is 2.39. The molecule has 0 saturated carbocycles. The fourth-order valence-electron chi connectivity index (χ4n) is 6.69. The third-order valence-electron chi connectivity index (χ3n) is 8.98. The highest BCUT2D eigenvalue weighted by Crippen LogP contribution is 2.51. The van der Waals surface area contributed by atoms with Gasteiger partial charge >= 0.3 is 0 Å². The van der Waals surface area contributed by atoms with Crippen LogP contribution in [-0.2, 0) is 0 Å². The predicted molar refractivity (Wildman–Crippen MR) is 200 cm³/mol. The van der Waals surface area contributed by atoms with Gasteiger partial charge in [0.15, 0.2) is 0 Å². The van der Waals surface area contributed by atoms with Crippen molar-refractivity contribution in [2.45, 2.75) is 9.79 Å². The molecule has 0 aliphatic carbocycles. The zero-order valence-corrected chi connectivity index (χ0v) is 26.4. The van der Waals surface area contributed by atoms with Crippen LogP contribution in [0.2, 0.25) is 0 Å². The van der Waals surface area contributed by atoms with Gasteiger partial charge in [-0.3, -0.25) is 0 Å². The Hall–Kier alpha value is -5.77. The monoisotopic (exact) mass is 618 g/mol. The fraction of sp³-hybridized carbons (Fsp3) is 0. The van der Waals surface area contributed by atoms with E-state index in [0.29, 0.717) is 0 Å². The van der Waals surface area contributed by atoms with Gasteiger partial charge in [0.2, 0.25) is 0 Å². The number of hydrogen-bond donors (Lipinski definition) is 0. The summed E-state index contributed by atoms with van der Waals surface area (Å²) in [6, 6.07) is 65.8. The summed E-state index contributed by atoms with van der Waals surface area (Å²) in [6.07, 6.45) is 0. The summed E-state index contributed by atoms with van der Waals surface area (Å²) in [6.45, 7) is 0. The first kappa shape index (κ1) is 27.5. The van der Waals surface area contributed by atoms with E-state index in [1.165, 1.54) is 53.8 Å². The molecule has 0 N–H and O–H groups in total. The molecule has 2 nitrogen and oxygen atoms in total. The zero-order valence-electron chi connectivity index (χ0n) is 25.6. The van der Waals surface area contributed by atoms with Crippen LogP contribution in [0.1, 0.15) is 0 Å². The first-order valence-corrected chi connectivity index (χ1v) is 16.7. The van der Waals surface area contributed by atoms with Gasteiger partial charge in [-0.25, -0.2) is 0 Å². The SMILES string of the molecule is c1cc(-c2ccc(N(c3ccc4ccccc4c3)c3ccc4ccccc4c3)cc2)cc(N2c3ccccc3Sc3ccccc32)c1. The molecule has 1 aliphatic rings. The minimum Gasteiger partial charge on any atom is -0.310 e. The number of fused-ring (bicyclic) bond motifs is 4. The molecule has 222 valence electrons. The van der Waals surface area contributed by atoms with Crippen molar-refractivity contribution in [1.29, 1.82) is 0 Å². The third-order valence-corrected chi connectivity index (χ3v) is 10.1. The van der Waals surface area contributed by atoms with Crippen LogP contribution >= 0.6 is 11.8 Å². The predicted octanol–water partition coefficient (Wildman–Crippen LogP) is 13.1. The number of nitrogens with zero attached hydrogens (tertiary/aromatic N) is 2. The van der Waals surface area contributed by atoms with Gasteiger partial charge in [-0.15, -0.1) is 0 Å². The number of benzene rings is 8. The van der Waals surface area contributed by atoms with Crippen molar-refractivity contribution in [2.75, 3.05) is 9.80 Å². The molecule has 1 heterocycles. The molecule has 8 aromatic rings. The van der Waals surface area contributed by atoms with Crippen molar-refractivity contribution in [3.8, 4) is 11.1 Å². The van der Waals surface area contributed by atoms with Gasteiger partial charge in [-0.2, -0.15) is 0 Å². The van der Waals surface area contributed by atoms with Crippen molar-refractivity contribution in [3.05, 3.63) is 182 Å². The Bertz CT molecular complexity index is 2290. The Kier molecular flexibility index (Phi) is 6.76. The number of hydrogen-bond acceptors (Lipinski definition) is 3. The molecule has 0 radical (unpaired) electrons. The van der Waals surface area contributed by atoms with Crippen molar-refractivity contribution < 1.29 is 0 Å². The van der Waals surface area contributed by atoms with E-state index in [9.17, 15) is 0 Å². The number of anilines is 6. The fourth-order valence-corrected chi connectivity index (χ4v) is 7.75. The summed E-state index contributed by atoms with van der Waals surface area (Å²) in [5, 5.41) is 4.93. The van der Waals surface area contributed by atoms with E-state index in [4.69, 9.17) is 0 Å². The summed E-state index contributed by atoms with van der Waals surface area (Å²) in [5.41, 5.74) is 9.33. The minimum atomic E-state index is 1.12. The van der Waals surface area contributed by atoms with E-state index in [2.05, 4.69) is 192 Å². The highest BCUT2D eigenvalue weighted by atomic mass is 32.2. The van der Waals surface area contributed by atoms with Crippen LogP contribution in [0.5, 0.6) is 0 Å². The average molecular weight is 619 g/mol. The summed E-state index contributed by atoms with van der Waals surface area (Å²) in [4.78, 5) is 7.28. The van der Waals surface area contributed by atoms with Crippen molar-refractivity contribution >= 4 is 67.4 Å². The van der Waals surface area contributed by atoms with Crippen molar-refractivity contribution in [1.82, 2.24) is 0 Å². The molecule has 0 spiro atoms. The van der Waals surface area contributed by atoms with E-state index in [0.717, 1.165) is 22.7 Å². The second-order valence-electron chi connectivity index (χ2n) is 11.9. The van der Waals surface area contributed by atoms with Crippen LogP contribution in [0.3, 0.4) is 0 Å². The van der Waals surface area contributed by atoms with E-state index < -0.39 is 0 Å². The first-order chi connectivity index (χ1) is 23.3.